The molecule has 8 heteroatoms. The lowest BCUT2D eigenvalue weighted by atomic mass is 9.93. The van der Waals surface area contributed by atoms with E-state index in [9.17, 15) is 26.3 Å². The summed E-state index contributed by atoms with van der Waals surface area (Å²) in [6, 6.07) is 1.90. The average Bonchev–Trinajstić information content (AvgIpc) is 2.93. The molecule has 0 bridgehead atoms. The molecule has 1 saturated carbocycles. The smallest absolute Gasteiger partial charge is 0.186 e. The van der Waals surface area contributed by atoms with Gasteiger partial charge in [-0.2, -0.15) is 35.9 Å². The third-order valence-corrected chi connectivity index (χ3v) is 4.40. The molecule has 0 aromatic heterocycles. The fourth-order valence-electron chi connectivity index (χ4n) is 3.21. The van der Waals surface area contributed by atoms with Gasteiger partial charge >= 0.3 is 18.5 Å². The van der Waals surface area contributed by atoms with Crippen molar-refractivity contribution in [1.82, 2.24) is 0 Å². The summed E-state index contributed by atoms with van der Waals surface area (Å²) in [7, 11) is 0. The summed E-state index contributed by atoms with van der Waals surface area (Å²) in [5.41, 5.74) is -2.31. The summed E-state index contributed by atoms with van der Waals surface area (Å²) < 4.78 is 76.8. The number of rotatable bonds is 3. The molecule has 0 saturated heterocycles. The first kappa shape index (κ1) is 21.2. The molecule has 0 N–H and O–H groups in total. The number of hydrogen-bond donors (Lipinski definition) is 0. The maximum absolute atomic E-state index is 12.8. The van der Waals surface area contributed by atoms with Crippen LogP contribution in [0.15, 0.2) is 18.2 Å². The Bertz CT molecular complexity index is 568. The molecule has 1 aromatic carbocycles. The minimum atomic E-state index is -4.77. The number of halogens is 6. The van der Waals surface area contributed by atoms with Crippen molar-refractivity contribution < 1.29 is 35.9 Å². The highest BCUT2D eigenvalue weighted by Crippen LogP contribution is 2.39. The SMILES string of the molecule is CCC1CCC(Cc2cc(C(F)(F)F)cc(C(F)(F)F)c2)C1.O=C=O. The molecular formula is C17H18F6O2. The average molecular weight is 368 g/mol. The third kappa shape index (κ3) is 6.53. The van der Waals surface area contributed by atoms with E-state index in [1.54, 1.807) is 0 Å². The van der Waals surface area contributed by atoms with E-state index in [-0.39, 0.29) is 30.1 Å². The normalized spacial score (nSPS) is 20.6. The van der Waals surface area contributed by atoms with Crippen LogP contribution in [0, 0.1) is 11.8 Å². The molecule has 0 aliphatic heterocycles. The Morgan fingerprint density at radius 2 is 1.36 bits per heavy atom. The second-order valence-corrected chi connectivity index (χ2v) is 6.15. The molecule has 1 aliphatic rings. The fourth-order valence-corrected chi connectivity index (χ4v) is 3.21. The van der Waals surface area contributed by atoms with Crippen molar-refractivity contribution in [3.8, 4) is 0 Å². The van der Waals surface area contributed by atoms with Gasteiger partial charge in [0, 0.05) is 0 Å². The van der Waals surface area contributed by atoms with Crippen LogP contribution in [0.3, 0.4) is 0 Å². The standard InChI is InChI=1S/C16H18F6.CO2/c1-2-10-3-4-11(5-10)6-12-7-13(15(17,18)19)9-14(8-12)16(20,21)22;2-1-3/h7-11H,2-6H2,1H3;. The van der Waals surface area contributed by atoms with E-state index in [2.05, 4.69) is 6.92 Å². The largest absolute Gasteiger partial charge is 0.416 e. The van der Waals surface area contributed by atoms with Gasteiger partial charge in [-0.15, -0.1) is 0 Å². The maximum atomic E-state index is 12.8. The molecule has 0 amide bonds. The Morgan fingerprint density at radius 1 is 0.920 bits per heavy atom. The van der Waals surface area contributed by atoms with E-state index in [4.69, 9.17) is 9.59 Å². The number of carbonyl (C=O) groups excluding carboxylic acids is 2. The predicted octanol–water partition coefficient (Wildman–Crippen LogP) is 5.51. The first-order chi connectivity index (χ1) is 11.5. The molecule has 140 valence electrons. The zero-order chi connectivity index (χ0) is 19.3. The quantitative estimate of drug-likeness (QED) is 0.660. The molecule has 25 heavy (non-hydrogen) atoms. The molecule has 2 nitrogen and oxygen atoms in total. The van der Waals surface area contributed by atoms with Crippen molar-refractivity contribution in [2.24, 2.45) is 11.8 Å². The van der Waals surface area contributed by atoms with Crippen molar-refractivity contribution in [2.45, 2.75) is 51.4 Å². The molecule has 0 heterocycles. The first-order valence-corrected chi connectivity index (χ1v) is 7.78. The van der Waals surface area contributed by atoms with Gasteiger partial charge in [0.25, 0.3) is 0 Å². The van der Waals surface area contributed by atoms with Crippen molar-refractivity contribution in [2.75, 3.05) is 0 Å². The zero-order valence-electron chi connectivity index (χ0n) is 13.5. The number of alkyl halides is 6. The van der Waals surface area contributed by atoms with E-state index >= 15 is 0 Å². The first-order valence-electron chi connectivity index (χ1n) is 7.78. The van der Waals surface area contributed by atoms with Gasteiger partial charge < -0.3 is 0 Å². The minimum Gasteiger partial charge on any atom is -0.186 e. The van der Waals surface area contributed by atoms with Crippen LogP contribution in [0.2, 0.25) is 0 Å². The second kappa shape index (κ2) is 8.52. The Labute approximate surface area is 141 Å². The zero-order valence-corrected chi connectivity index (χ0v) is 13.5. The van der Waals surface area contributed by atoms with Crippen LogP contribution in [0.25, 0.3) is 0 Å². The van der Waals surface area contributed by atoms with Crippen LogP contribution in [0.5, 0.6) is 0 Å². The topological polar surface area (TPSA) is 34.1 Å². The van der Waals surface area contributed by atoms with Gasteiger partial charge in [-0.3, -0.25) is 0 Å². The van der Waals surface area contributed by atoms with Gasteiger partial charge in [-0.05, 0) is 54.9 Å². The minimum absolute atomic E-state index is 0.129. The van der Waals surface area contributed by atoms with E-state index in [0.29, 0.717) is 5.92 Å². The van der Waals surface area contributed by atoms with Crippen LogP contribution in [0.1, 0.15) is 49.3 Å². The lowest BCUT2D eigenvalue weighted by molar-refractivity contribution is -0.191. The van der Waals surface area contributed by atoms with Crippen LogP contribution in [-0.2, 0) is 28.4 Å². The van der Waals surface area contributed by atoms with Crippen molar-refractivity contribution in [3.05, 3.63) is 34.9 Å². The van der Waals surface area contributed by atoms with Gasteiger partial charge in [0.1, 0.15) is 0 Å². The summed E-state index contributed by atoms with van der Waals surface area (Å²) >= 11 is 0. The molecule has 2 atom stereocenters. The van der Waals surface area contributed by atoms with Gasteiger partial charge in [0.05, 0.1) is 11.1 Å². The van der Waals surface area contributed by atoms with E-state index < -0.39 is 23.5 Å². The Morgan fingerprint density at radius 3 is 1.72 bits per heavy atom. The monoisotopic (exact) mass is 368 g/mol. The van der Waals surface area contributed by atoms with Crippen molar-refractivity contribution in [1.29, 1.82) is 0 Å². The molecule has 2 unspecified atom stereocenters. The van der Waals surface area contributed by atoms with Gasteiger partial charge in [-0.1, -0.05) is 19.8 Å². The molecule has 1 aromatic rings. The van der Waals surface area contributed by atoms with Crippen LogP contribution in [-0.4, -0.2) is 6.15 Å². The summed E-state index contributed by atoms with van der Waals surface area (Å²) in [6.07, 6.45) is -5.23. The van der Waals surface area contributed by atoms with Crippen molar-refractivity contribution in [3.63, 3.8) is 0 Å². The molecular weight excluding hydrogens is 350 g/mol. The predicted molar refractivity (Wildman–Crippen MR) is 76.3 cm³/mol. The highest BCUT2D eigenvalue weighted by atomic mass is 19.4. The molecule has 0 spiro atoms. The maximum Gasteiger partial charge on any atom is 0.416 e. The molecule has 1 aliphatic carbocycles. The Kier molecular flexibility index (Phi) is 7.23. The van der Waals surface area contributed by atoms with Crippen LogP contribution >= 0.6 is 0 Å². The van der Waals surface area contributed by atoms with Gasteiger partial charge in [0.15, 0.2) is 0 Å². The molecule has 2 rings (SSSR count). The van der Waals surface area contributed by atoms with Gasteiger partial charge in [0.2, 0.25) is 0 Å². The number of benzene rings is 1. The van der Waals surface area contributed by atoms with E-state index in [1.807, 2.05) is 0 Å². The summed E-state index contributed by atoms with van der Waals surface area (Å²) in [4.78, 5) is 16.2. The highest BCUT2D eigenvalue weighted by molar-refractivity contribution is 5.34. The van der Waals surface area contributed by atoms with Crippen LogP contribution < -0.4 is 0 Å². The fraction of sp³-hybridized carbons (Fsp3) is 0.588. The molecule has 0 radical (unpaired) electrons. The highest BCUT2D eigenvalue weighted by Gasteiger charge is 2.37. The summed E-state index contributed by atoms with van der Waals surface area (Å²) in [5, 5.41) is 0. The molecule has 1 fully saturated rings. The number of hydrogen-bond acceptors (Lipinski definition) is 2. The Balaban J connectivity index is 0.000000970. The third-order valence-electron chi connectivity index (χ3n) is 4.40. The van der Waals surface area contributed by atoms with Crippen molar-refractivity contribution >= 4 is 6.15 Å². The lowest BCUT2D eigenvalue weighted by Gasteiger charge is -2.16. The second-order valence-electron chi connectivity index (χ2n) is 6.15. The Hall–Kier alpha value is -1.82. The van der Waals surface area contributed by atoms with E-state index in [1.165, 1.54) is 0 Å². The van der Waals surface area contributed by atoms with E-state index in [0.717, 1.165) is 37.8 Å². The summed E-state index contributed by atoms with van der Waals surface area (Å²) in [6.45, 7) is 2.05. The summed E-state index contributed by atoms with van der Waals surface area (Å²) in [5.74, 6) is 0.715. The van der Waals surface area contributed by atoms with Crippen LogP contribution in [0.4, 0.5) is 26.3 Å². The lowest BCUT2D eigenvalue weighted by Crippen LogP contribution is -2.12. The van der Waals surface area contributed by atoms with Gasteiger partial charge in [-0.25, -0.2) is 0 Å².